The zero-order valence-electron chi connectivity index (χ0n) is 15.5. The molecule has 7 nitrogen and oxygen atoms in total. The van der Waals surface area contributed by atoms with E-state index < -0.39 is 0 Å². The van der Waals surface area contributed by atoms with Crippen molar-refractivity contribution >= 4 is 11.7 Å². The smallest absolute Gasteiger partial charge is 0.242 e. The van der Waals surface area contributed by atoms with Crippen LogP contribution in [0.4, 0.5) is 0 Å². The number of ketones is 1. The summed E-state index contributed by atoms with van der Waals surface area (Å²) in [6.45, 7) is 7.25. The fourth-order valence-electron chi connectivity index (χ4n) is 3.97. The Bertz CT molecular complexity index is 846. The summed E-state index contributed by atoms with van der Waals surface area (Å²) in [4.78, 5) is 24.3. The number of aryl methyl sites for hydroxylation is 3. The van der Waals surface area contributed by atoms with E-state index in [0.717, 1.165) is 36.2 Å². The van der Waals surface area contributed by atoms with Crippen LogP contribution >= 0.6 is 0 Å². The molecule has 0 spiro atoms. The van der Waals surface area contributed by atoms with Gasteiger partial charge in [0.25, 0.3) is 0 Å². The van der Waals surface area contributed by atoms with E-state index in [1.807, 2.05) is 25.6 Å². The summed E-state index contributed by atoms with van der Waals surface area (Å²) in [5, 5.41) is 12.0. The molecule has 2 aromatic rings. The highest BCUT2D eigenvalue weighted by molar-refractivity contribution is 5.96. The molecule has 0 aliphatic heterocycles. The summed E-state index contributed by atoms with van der Waals surface area (Å²) in [5.74, 6) is -0.119. The van der Waals surface area contributed by atoms with Gasteiger partial charge in [-0.1, -0.05) is 0 Å². The van der Waals surface area contributed by atoms with Crippen LogP contribution in [0.25, 0.3) is 0 Å². The van der Waals surface area contributed by atoms with Gasteiger partial charge in [0.2, 0.25) is 5.91 Å². The molecule has 0 radical (unpaired) electrons. The van der Waals surface area contributed by atoms with Gasteiger partial charge in [-0.05, 0) is 47.0 Å². The number of hydrogen-bond donors (Lipinski definition) is 1. The maximum Gasteiger partial charge on any atom is 0.242 e. The second-order valence-electron chi connectivity index (χ2n) is 6.84. The molecular weight excluding hydrogens is 318 g/mol. The standard InChI is InChI=1S/C18H25N5O2/c1-10-17(13(4)24)12(3)23(21-10)9-16(25)19-14-7-6-8-15-18(14)11(2)20-22(15)5/h14H,6-9H2,1-5H3,(H,19,25). The van der Waals surface area contributed by atoms with Gasteiger partial charge in [-0.3, -0.25) is 19.0 Å². The molecule has 1 unspecified atom stereocenters. The zero-order valence-corrected chi connectivity index (χ0v) is 15.5. The number of nitrogens with zero attached hydrogens (tertiary/aromatic N) is 4. The summed E-state index contributed by atoms with van der Waals surface area (Å²) in [6, 6.07) is -0.00538. The SMILES string of the molecule is CC(=O)c1c(C)nn(CC(=O)NC2CCCc3c2c(C)nn3C)c1C. The molecule has 134 valence electrons. The van der Waals surface area contributed by atoms with E-state index in [2.05, 4.69) is 15.5 Å². The summed E-state index contributed by atoms with van der Waals surface area (Å²) in [5.41, 5.74) is 5.35. The van der Waals surface area contributed by atoms with Crippen molar-refractivity contribution in [2.75, 3.05) is 0 Å². The van der Waals surface area contributed by atoms with Crippen molar-refractivity contribution in [1.82, 2.24) is 24.9 Å². The molecule has 2 heterocycles. The van der Waals surface area contributed by atoms with Gasteiger partial charge in [0.15, 0.2) is 5.78 Å². The van der Waals surface area contributed by atoms with Gasteiger partial charge in [-0.25, -0.2) is 0 Å². The van der Waals surface area contributed by atoms with Crippen LogP contribution in [-0.2, 0) is 24.8 Å². The van der Waals surface area contributed by atoms with Crippen LogP contribution in [0.15, 0.2) is 0 Å². The molecule has 0 saturated carbocycles. The highest BCUT2D eigenvalue weighted by Gasteiger charge is 2.27. The monoisotopic (exact) mass is 343 g/mol. The van der Waals surface area contributed by atoms with Gasteiger partial charge in [-0.2, -0.15) is 10.2 Å². The molecule has 0 bridgehead atoms. The molecule has 25 heavy (non-hydrogen) atoms. The largest absolute Gasteiger partial charge is 0.348 e. The minimum Gasteiger partial charge on any atom is -0.348 e. The lowest BCUT2D eigenvalue weighted by Gasteiger charge is -2.24. The Morgan fingerprint density at radius 3 is 2.56 bits per heavy atom. The molecule has 1 N–H and O–H groups in total. The third-order valence-electron chi connectivity index (χ3n) is 5.01. The number of carbonyl (C=O) groups excluding carboxylic acids is 2. The normalized spacial score (nSPS) is 16.6. The maximum absolute atomic E-state index is 12.6. The van der Waals surface area contributed by atoms with Crippen molar-refractivity contribution in [1.29, 1.82) is 0 Å². The predicted octanol–water partition coefficient (Wildman–Crippen LogP) is 1.94. The van der Waals surface area contributed by atoms with Crippen LogP contribution in [0.3, 0.4) is 0 Å². The minimum absolute atomic E-state index is 0.00538. The molecule has 0 fully saturated rings. The van der Waals surface area contributed by atoms with E-state index in [9.17, 15) is 9.59 Å². The first-order chi connectivity index (χ1) is 11.8. The fourth-order valence-corrected chi connectivity index (χ4v) is 3.97. The van der Waals surface area contributed by atoms with Crippen molar-refractivity contribution in [3.8, 4) is 0 Å². The molecule has 1 atom stereocenters. The summed E-state index contributed by atoms with van der Waals surface area (Å²) < 4.78 is 3.53. The number of amides is 1. The van der Waals surface area contributed by atoms with Gasteiger partial charge in [0.05, 0.1) is 23.0 Å². The second-order valence-corrected chi connectivity index (χ2v) is 6.84. The molecule has 2 aromatic heterocycles. The highest BCUT2D eigenvalue weighted by Crippen LogP contribution is 2.31. The summed E-state index contributed by atoms with van der Waals surface area (Å²) >= 11 is 0. The van der Waals surface area contributed by atoms with Gasteiger partial charge >= 0.3 is 0 Å². The Hall–Kier alpha value is -2.44. The van der Waals surface area contributed by atoms with E-state index in [1.165, 1.54) is 12.6 Å². The number of rotatable bonds is 4. The Kier molecular flexibility index (Phi) is 4.49. The first-order valence-electron chi connectivity index (χ1n) is 8.66. The number of Topliss-reactive ketones (excluding diaryl/α,β-unsaturated/α-hetero) is 1. The molecule has 3 rings (SSSR count). The first kappa shape index (κ1) is 17.4. The molecule has 1 aliphatic carbocycles. The summed E-state index contributed by atoms with van der Waals surface area (Å²) in [6.07, 6.45) is 2.95. The van der Waals surface area contributed by atoms with E-state index in [4.69, 9.17) is 0 Å². The van der Waals surface area contributed by atoms with Crippen LogP contribution < -0.4 is 5.32 Å². The van der Waals surface area contributed by atoms with Crippen LogP contribution in [0.2, 0.25) is 0 Å². The third-order valence-corrected chi connectivity index (χ3v) is 5.01. The average Bonchev–Trinajstić information content (AvgIpc) is 2.96. The number of fused-ring (bicyclic) bond motifs is 1. The average molecular weight is 343 g/mol. The number of carbonyl (C=O) groups is 2. The molecule has 0 saturated heterocycles. The van der Waals surface area contributed by atoms with Crippen LogP contribution in [-0.4, -0.2) is 31.3 Å². The number of hydrogen-bond acceptors (Lipinski definition) is 4. The van der Waals surface area contributed by atoms with E-state index >= 15 is 0 Å². The van der Waals surface area contributed by atoms with Crippen molar-refractivity contribution in [2.24, 2.45) is 7.05 Å². The van der Waals surface area contributed by atoms with Crippen LogP contribution in [0.1, 0.15) is 64.5 Å². The van der Waals surface area contributed by atoms with E-state index in [0.29, 0.717) is 11.3 Å². The topological polar surface area (TPSA) is 81.8 Å². The van der Waals surface area contributed by atoms with Crippen molar-refractivity contribution in [2.45, 2.75) is 59.5 Å². The second kappa shape index (κ2) is 6.46. The summed E-state index contributed by atoms with van der Waals surface area (Å²) in [7, 11) is 1.95. The molecule has 1 aliphatic rings. The van der Waals surface area contributed by atoms with Crippen LogP contribution in [0.5, 0.6) is 0 Å². The molecular formula is C18H25N5O2. The Labute approximate surface area is 147 Å². The van der Waals surface area contributed by atoms with Gasteiger partial charge in [0.1, 0.15) is 6.54 Å². The minimum atomic E-state index is -0.0956. The Morgan fingerprint density at radius 1 is 1.20 bits per heavy atom. The van der Waals surface area contributed by atoms with Crippen molar-refractivity contribution in [3.63, 3.8) is 0 Å². The highest BCUT2D eigenvalue weighted by atomic mass is 16.2. The molecule has 0 aromatic carbocycles. The third kappa shape index (κ3) is 3.10. The quantitative estimate of drug-likeness (QED) is 0.860. The van der Waals surface area contributed by atoms with E-state index in [1.54, 1.807) is 11.6 Å². The number of nitrogens with one attached hydrogen (secondary N) is 1. The fraction of sp³-hybridized carbons (Fsp3) is 0.556. The lowest BCUT2D eigenvalue weighted by atomic mass is 9.91. The predicted molar refractivity (Wildman–Crippen MR) is 93.5 cm³/mol. The van der Waals surface area contributed by atoms with Crippen molar-refractivity contribution in [3.05, 3.63) is 33.9 Å². The lowest BCUT2D eigenvalue weighted by Crippen LogP contribution is -2.34. The number of aromatic nitrogens is 4. The molecule has 1 amide bonds. The Morgan fingerprint density at radius 2 is 1.92 bits per heavy atom. The Balaban J connectivity index is 1.77. The van der Waals surface area contributed by atoms with Crippen LogP contribution in [0, 0.1) is 20.8 Å². The van der Waals surface area contributed by atoms with E-state index in [-0.39, 0.29) is 24.3 Å². The molecule has 7 heteroatoms. The zero-order chi connectivity index (χ0) is 18.3. The van der Waals surface area contributed by atoms with Gasteiger partial charge in [-0.15, -0.1) is 0 Å². The van der Waals surface area contributed by atoms with Gasteiger partial charge in [0, 0.05) is 24.0 Å². The lowest BCUT2D eigenvalue weighted by molar-refractivity contribution is -0.122. The van der Waals surface area contributed by atoms with Gasteiger partial charge < -0.3 is 5.32 Å². The first-order valence-corrected chi connectivity index (χ1v) is 8.66. The van der Waals surface area contributed by atoms with Crippen molar-refractivity contribution < 1.29 is 9.59 Å². The maximum atomic E-state index is 12.6.